The van der Waals surface area contributed by atoms with Crippen molar-refractivity contribution in [1.29, 1.82) is 0 Å². The molecule has 0 radical (unpaired) electrons. The van der Waals surface area contributed by atoms with Gasteiger partial charge in [-0.05, 0) is 109 Å². The standard InChI is InChI=1S/C74H128O6/c1-4-7-10-13-16-19-22-25-28-31-34-35-36-37-38-39-41-43-46-49-52-55-58-61-64-67-73(76)79-70-71(69-78-72(75)66-63-60-57-54-51-48-45-42-33-30-27-24-21-18-15-12-9-6-3)80-74(77)68-65-62-59-56-53-50-47-44-40-32-29-26-23-20-17-14-11-8-5-2/h8,11,17,20,26,29-31,33-34,40,44,50,53,59,62,71H,4-7,9-10,12-16,18-19,21-25,27-28,32,35-39,41-43,45-49,51-52,54-58,60-61,63-70H2,1-3H3/b11-8-,20-17-,29-26-,33-30-,34-31-,44-40-,53-50-,62-59-. The second-order valence-corrected chi connectivity index (χ2v) is 22.7. The maximum Gasteiger partial charge on any atom is 0.306 e. The Hall–Kier alpha value is -3.67. The summed E-state index contributed by atoms with van der Waals surface area (Å²) in [5.74, 6) is -0.984. The molecule has 0 N–H and O–H groups in total. The van der Waals surface area contributed by atoms with Gasteiger partial charge < -0.3 is 14.2 Å². The normalized spacial score (nSPS) is 12.7. The highest BCUT2D eigenvalue weighted by atomic mass is 16.6. The first-order chi connectivity index (χ1) is 39.5. The summed E-state index contributed by atoms with van der Waals surface area (Å²) in [6.07, 6.45) is 91.5. The minimum Gasteiger partial charge on any atom is -0.462 e. The molecule has 0 saturated heterocycles. The van der Waals surface area contributed by atoms with Crippen LogP contribution < -0.4 is 0 Å². The van der Waals surface area contributed by atoms with Gasteiger partial charge in [-0.1, -0.05) is 304 Å². The molecule has 80 heavy (non-hydrogen) atoms. The highest BCUT2D eigenvalue weighted by Gasteiger charge is 2.19. The highest BCUT2D eigenvalue weighted by Crippen LogP contribution is 2.17. The Kier molecular flexibility index (Phi) is 64.7. The summed E-state index contributed by atoms with van der Waals surface area (Å²) in [5, 5.41) is 0. The van der Waals surface area contributed by atoms with Crippen molar-refractivity contribution >= 4 is 17.9 Å². The zero-order chi connectivity index (χ0) is 57.8. The average Bonchev–Trinajstić information content (AvgIpc) is 3.46. The Balaban J connectivity index is 4.42. The van der Waals surface area contributed by atoms with E-state index in [0.29, 0.717) is 19.3 Å². The summed E-state index contributed by atoms with van der Waals surface area (Å²) >= 11 is 0. The summed E-state index contributed by atoms with van der Waals surface area (Å²) in [6, 6.07) is 0. The fourth-order valence-corrected chi connectivity index (χ4v) is 9.70. The maximum absolute atomic E-state index is 12.9. The molecule has 6 nitrogen and oxygen atoms in total. The van der Waals surface area contributed by atoms with Crippen molar-refractivity contribution < 1.29 is 28.6 Å². The Labute approximate surface area is 496 Å². The van der Waals surface area contributed by atoms with Crippen LogP contribution in [0.2, 0.25) is 0 Å². The first-order valence-electron chi connectivity index (χ1n) is 34.2. The van der Waals surface area contributed by atoms with Crippen LogP contribution in [0.25, 0.3) is 0 Å². The van der Waals surface area contributed by atoms with Crippen LogP contribution in [0.3, 0.4) is 0 Å². The van der Waals surface area contributed by atoms with Crippen molar-refractivity contribution in [3.8, 4) is 0 Å². The Morgan fingerprint density at radius 1 is 0.263 bits per heavy atom. The van der Waals surface area contributed by atoms with Crippen molar-refractivity contribution in [2.24, 2.45) is 0 Å². The largest absolute Gasteiger partial charge is 0.462 e. The smallest absolute Gasteiger partial charge is 0.306 e. The summed E-state index contributed by atoms with van der Waals surface area (Å²) < 4.78 is 16.9. The van der Waals surface area contributed by atoms with Crippen LogP contribution in [0.4, 0.5) is 0 Å². The van der Waals surface area contributed by atoms with Gasteiger partial charge in [0.25, 0.3) is 0 Å². The zero-order valence-corrected chi connectivity index (χ0v) is 52.8. The van der Waals surface area contributed by atoms with Crippen molar-refractivity contribution in [3.63, 3.8) is 0 Å². The minimum absolute atomic E-state index is 0.108. The minimum atomic E-state index is -0.822. The lowest BCUT2D eigenvalue weighted by Gasteiger charge is -2.18. The number of hydrogen-bond donors (Lipinski definition) is 0. The van der Waals surface area contributed by atoms with Crippen LogP contribution >= 0.6 is 0 Å². The maximum atomic E-state index is 12.9. The van der Waals surface area contributed by atoms with Gasteiger partial charge in [-0.25, -0.2) is 0 Å². The molecule has 0 bridgehead atoms. The average molecular weight is 1110 g/mol. The van der Waals surface area contributed by atoms with E-state index in [0.717, 1.165) is 77.0 Å². The first kappa shape index (κ1) is 76.3. The summed E-state index contributed by atoms with van der Waals surface area (Å²) in [4.78, 5) is 38.4. The second kappa shape index (κ2) is 67.8. The van der Waals surface area contributed by atoms with Gasteiger partial charge >= 0.3 is 17.9 Å². The van der Waals surface area contributed by atoms with Crippen molar-refractivity contribution in [3.05, 3.63) is 97.2 Å². The van der Waals surface area contributed by atoms with Gasteiger partial charge in [0.05, 0.1) is 0 Å². The van der Waals surface area contributed by atoms with Crippen LogP contribution in [-0.4, -0.2) is 37.2 Å². The Morgan fingerprint density at radius 3 is 0.812 bits per heavy atom. The molecule has 1 unspecified atom stereocenters. The third-order valence-electron chi connectivity index (χ3n) is 14.8. The molecule has 0 aliphatic heterocycles. The lowest BCUT2D eigenvalue weighted by atomic mass is 10.0. The van der Waals surface area contributed by atoms with Gasteiger partial charge in [-0.15, -0.1) is 0 Å². The van der Waals surface area contributed by atoms with Crippen molar-refractivity contribution in [1.82, 2.24) is 0 Å². The van der Waals surface area contributed by atoms with Gasteiger partial charge in [0.1, 0.15) is 13.2 Å². The molecule has 0 rings (SSSR count). The van der Waals surface area contributed by atoms with E-state index >= 15 is 0 Å². The van der Waals surface area contributed by atoms with Crippen molar-refractivity contribution in [2.75, 3.05) is 13.2 Å². The van der Waals surface area contributed by atoms with Crippen LogP contribution in [0.5, 0.6) is 0 Å². The predicted octanol–water partition coefficient (Wildman–Crippen LogP) is 23.6. The zero-order valence-electron chi connectivity index (χ0n) is 52.8. The van der Waals surface area contributed by atoms with E-state index in [1.165, 1.54) is 212 Å². The van der Waals surface area contributed by atoms with Crippen LogP contribution in [0.1, 0.15) is 335 Å². The van der Waals surface area contributed by atoms with E-state index in [2.05, 4.69) is 112 Å². The molecule has 0 saturated carbocycles. The van der Waals surface area contributed by atoms with Gasteiger partial charge in [0, 0.05) is 19.3 Å². The monoisotopic (exact) mass is 1110 g/mol. The molecule has 460 valence electrons. The molecule has 0 aromatic carbocycles. The molecule has 0 aliphatic carbocycles. The van der Waals surface area contributed by atoms with E-state index < -0.39 is 6.10 Å². The molecule has 0 heterocycles. The third kappa shape index (κ3) is 65.1. The quantitative estimate of drug-likeness (QED) is 0.0261. The first-order valence-corrected chi connectivity index (χ1v) is 34.2. The van der Waals surface area contributed by atoms with E-state index in [4.69, 9.17) is 14.2 Å². The fourth-order valence-electron chi connectivity index (χ4n) is 9.70. The summed E-state index contributed by atoms with van der Waals surface area (Å²) in [6.45, 7) is 6.50. The van der Waals surface area contributed by atoms with Crippen LogP contribution in [-0.2, 0) is 28.6 Å². The molecule has 0 amide bonds. The molecule has 0 aliphatic rings. The number of ether oxygens (including phenoxy) is 3. The molecule has 1 atom stereocenters. The lowest BCUT2D eigenvalue weighted by molar-refractivity contribution is -0.166. The number of carbonyl (C=O) groups excluding carboxylic acids is 3. The fraction of sp³-hybridized carbons (Fsp3) is 0.743. The van der Waals surface area contributed by atoms with Gasteiger partial charge in [0.15, 0.2) is 6.10 Å². The number of carbonyl (C=O) groups is 3. The number of esters is 3. The SMILES string of the molecule is CC/C=C\C/C=C\C/C=C\C/C=C\C/C=C\C/C=C\CCC(=O)OC(COC(=O)CCCCCCCCC/C=C\CCCCCCCCC)COC(=O)CCCCCCCCCCCCCCC/C=C\CCCCCCCCCC. The molecule has 0 aromatic heterocycles. The van der Waals surface area contributed by atoms with E-state index in [-0.39, 0.29) is 37.5 Å². The van der Waals surface area contributed by atoms with Crippen LogP contribution in [0.15, 0.2) is 97.2 Å². The van der Waals surface area contributed by atoms with Gasteiger partial charge in [0.2, 0.25) is 0 Å². The molecular weight excluding hydrogens is 985 g/mol. The molecule has 6 heteroatoms. The van der Waals surface area contributed by atoms with E-state index in [1.807, 2.05) is 6.08 Å². The molecule has 0 aromatic rings. The topological polar surface area (TPSA) is 78.9 Å². The Bertz CT molecular complexity index is 1560. The number of hydrogen-bond acceptors (Lipinski definition) is 6. The second-order valence-electron chi connectivity index (χ2n) is 22.7. The van der Waals surface area contributed by atoms with Crippen molar-refractivity contribution in [2.45, 2.75) is 341 Å². The van der Waals surface area contributed by atoms with E-state index in [1.54, 1.807) is 0 Å². The number of allylic oxidation sites excluding steroid dienone is 16. The van der Waals surface area contributed by atoms with Gasteiger partial charge in [-0.2, -0.15) is 0 Å². The molecule has 0 spiro atoms. The Morgan fingerprint density at radius 2 is 0.512 bits per heavy atom. The van der Waals surface area contributed by atoms with Gasteiger partial charge in [-0.3, -0.25) is 14.4 Å². The number of rotatable bonds is 62. The molecule has 0 fully saturated rings. The summed E-state index contributed by atoms with van der Waals surface area (Å²) in [5.41, 5.74) is 0. The highest BCUT2D eigenvalue weighted by molar-refractivity contribution is 5.71. The predicted molar refractivity (Wildman–Crippen MR) is 348 cm³/mol. The number of unbranched alkanes of at least 4 members (excludes halogenated alkanes) is 35. The summed E-state index contributed by atoms with van der Waals surface area (Å²) in [7, 11) is 0. The molecular formula is C74H128O6. The third-order valence-corrected chi connectivity index (χ3v) is 14.8. The van der Waals surface area contributed by atoms with E-state index in [9.17, 15) is 14.4 Å². The lowest BCUT2D eigenvalue weighted by Crippen LogP contribution is -2.30. The van der Waals surface area contributed by atoms with Crippen LogP contribution in [0, 0.1) is 0 Å².